The van der Waals surface area contributed by atoms with Gasteiger partial charge in [0, 0.05) is 37.9 Å². The maximum Gasteiger partial charge on any atom is 0.387 e. The molecule has 0 radical (unpaired) electrons. The normalized spacial score (nSPS) is 14.3. The van der Waals surface area contributed by atoms with Gasteiger partial charge in [0.1, 0.15) is 5.75 Å². The van der Waals surface area contributed by atoms with Gasteiger partial charge in [-0.05, 0) is 40.4 Å². The number of alkyl halides is 2. The summed E-state index contributed by atoms with van der Waals surface area (Å²) in [5.41, 5.74) is 0.478. The second-order valence-corrected chi connectivity index (χ2v) is 6.94. The molecule has 0 aromatic heterocycles. The minimum atomic E-state index is -2.94. The number of fused-ring (bicyclic) bond motifs is 1. The lowest BCUT2D eigenvalue weighted by atomic mass is 10.1. The van der Waals surface area contributed by atoms with Gasteiger partial charge in [-0.15, -0.1) is 0 Å². The minimum absolute atomic E-state index is 0.0204. The molecule has 0 amide bonds. The first-order valence-electron chi connectivity index (χ1n) is 10.1. The highest BCUT2D eigenvalue weighted by atomic mass is 19.3. The molecule has 1 aromatic rings. The van der Waals surface area contributed by atoms with Gasteiger partial charge in [-0.1, -0.05) is 0 Å². The van der Waals surface area contributed by atoms with Crippen molar-refractivity contribution in [1.29, 1.82) is 0 Å². The minimum Gasteiger partial charge on any atom is -0.454 e. The van der Waals surface area contributed by atoms with E-state index in [1.165, 1.54) is 6.07 Å². The lowest BCUT2D eigenvalue weighted by Crippen LogP contribution is -2.42. The third kappa shape index (κ3) is 7.83. The molecule has 1 atom stereocenters. The van der Waals surface area contributed by atoms with Gasteiger partial charge in [-0.25, -0.2) is 4.99 Å². The van der Waals surface area contributed by atoms with E-state index >= 15 is 0 Å². The molecule has 0 fully saturated rings. The molecule has 1 unspecified atom stereocenters. The lowest BCUT2D eigenvalue weighted by Gasteiger charge is -2.21. The van der Waals surface area contributed by atoms with Crippen molar-refractivity contribution in [2.75, 3.05) is 47.1 Å². The highest BCUT2D eigenvalue weighted by Crippen LogP contribution is 2.39. The number of halogens is 2. The number of rotatable bonds is 12. The van der Waals surface area contributed by atoms with Crippen LogP contribution in [0.3, 0.4) is 0 Å². The van der Waals surface area contributed by atoms with Crippen molar-refractivity contribution in [1.82, 2.24) is 15.5 Å². The van der Waals surface area contributed by atoms with Gasteiger partial charge in [0.25, 0.3) is 0 Å². The van der Waals surface area contributed by atoms with Gasteiger partial charge in [-0.3, -0.25) is 0 Å². The molecule has 2 rings (SSSR count). The lowest BCUT2D eigenvalue weighted by molar-refractivity contribution is -0.0505. The first kappa shape index (κ1) is 23.9. The van der Waals surface area contributed by atoms with Crippen molar-refractivity contribution in [3.8, 4) is 17.2 Å². The number of guanidine groups is 1. The first-order valence-corrected chi connectivity index (χ1v) is 10.1. The predicted octanol–water partition coefficient (Wildman–Crippen LogP) is 2.43. The molecule has 1 aromatic carbocycles. The van der Waals surface area contributed by atoms with Crippen LogP contribution in [0.2, 0.25) is 0 Å². The fraction of sp³-hybridized carbons (Fsp3) is 0.650. The number of nitrogens with one attached hydrogen (secondary N) is 2. The van der Waals surface area contributed by atoms with Crippen LogP contribution >= 0.6 is 0 Å². The van der Waals surface area contributed by atoms with Gasteiger partial charge in [0.05, 0.1) is 12.6 Å². The van der Waals surface area contributed by atoms with Crippen LogP contribution in [0.15, 0.2) is 17.1 Å². The van der Waals surface area contributed by atoms with Crippen LogP contribution in [-0.4, -0.2) is 70.7 Å². The highest BCUT2D eigenvalue weighted by molar-refractivity contribution is 5.79. The quantitative estimate of drug-likeness (QED) is 0.390. The van der Waals surface area contributed by atoms with Crippen LogP contribution in [0, 0.1) is 0 Å². The van der Waals surface area contributed by atoms with E-state index < -0.39 is 6.61 Å². The van der Waals surface area contributed by atoms with Crippen LogP contribution < -0.4 is 24.8 Å². The average molecular weight is 430 g/mol. The summed E-state index contributed by atoms with van der Waals surface area (Å²) < 4.78 is 46.6. The Labute approximate surface area is 176 Å². The number of hydrogen-bond acceptors (Lipinski definition) is 6. The number of benzene rings is 1. The topological polar surface area (TPSA) is 76.6 Å². The van der Waals surface area contributed by atoms with E-state index in [2.05, 4.69) is 25.3 Å². The van der Waals surface area contributed by atoms with Crippen molar-refractivity contribution in [2.24, 2.45) is 4.99 Å². The monoisotopic (exact) mass is 430 g/mol. The van der Waals surface area contributed by atoms with Crippen LogP contribution in [0.1, 0.15) is 25.8 Å². The summed E-state index contributed by atoms with van der Waals surface area (Å²) in [6, 6.07) is 3.03. The second-order valence-electron chi connectivity index (χ2n) is 6.94. The first-order chi connectivity index (χ1) is 14.4. The molecule has 1 heterocycles. The molecular formula is C20H32F2N4O4. The van der Waals surface area contributed by atoms with Gasteiger partial charge in [0.2, 0.25) is 6.79 Å². The summed E-state index contributed by atoms with van der Waals surface area (Å²) in [7, 11) is 4.04. The van der Waals surface area contributed by atoms with Crippen LogP contribution in [0.5, 0.6) is 17.2 Å². The predicted molar refractivity (Wildman–Crippen MR) is 111 cm³/mol. The Hall–Kier alpha value is -2.33. The standard InChI is InChI=1S/C20H32F2N4O4/c1-5-23-20(25-12-15(27-6-2)7-8-26(3)4)24-11-14-9-17-18(29-13-28-17)10-16(14)30-19(21)22/h9-10,15,19H,5-8,11-13H2,1-4H3,(H2,23,24,25). The van der Waals surface area contributed by atoms with Gasteiger partial charge in [0.15, 0.2) is 17.5 Å². The molecule has 170 valence electrons. The molecular weight excluding hydrogens is 398 g/mol. The second kappa shape index (κ2) is 12.4. The summed E-state index contributed by atoms with van der Waals surface area (Å²) in [5, 5.41) is 6.42. The van der Waals surface area contributed by atoms with Gasteiger partial charge >= 0.3 is 6.61 Å². The van der Waals surface area contributed by atoms with E-state index in [1.54, 1.807) is 6.07 Å². The Morgan fingerprint density at radius 2 is 1.93 bits per heavy atom. The summed E-state index contributed by atoms with van der Waals surface area (Å²) >= 11 is 0. The average Bonchev–Trinajstić information content (AvgIpc) is 3.14. The maximum absolute atomic E-state index is 12.8. The van der Waals surface area contributed by atoms with Crippen LogP contribution in [0.25, 0.3) is 0 Å². The zero-order valence-electron chi connectivity index (χ0n) is 18.0. The van der Waals surface area contributed by atoms with Gasteiger partial charge in [-0.2, -0.15) is 8.78 Å². The van der Waals surface area contributed by atoms with Gasteiger partial charge < -0.3 is 34.5 Å². The molecule has 0 aliphatic carbocycles. The fourth-order valence-corrected chi connectivity index (χ4v) is 2.89. The van der Waals surface area contributed by atoms with E-state index in [9.17, 15) is 8.78 Å². The number of aliphatic imine (C=N–C) groups is 1. The number of nitrogens with zero attached hydrogens (tertiary/aromatic N) is 2. The fourth-order valence-electron chi connectivity index (χ4n) is 2.89. The Morgan fingerprint density at radius 3 is 2.57 bits per heavy atom. The molecule has 8 nitrogen and oxygen atoms in total. The van der Waals surface area contributed by atoms with Crippen molar-refractivity contribution >= 4 is 5.96 Å². The zero-order chi connectivity index (χ0) is 21.9. The molecule has 2 N–H and O–H groups in total. The molecule has 0 saturated heterocycles. The van der Waals surface area contributed by atoms with E-state index in [1.807, 2.05) is 27.9 Å². The van der Waals surface area contributed by atoms with Crippen LogP contribution in [-0.2, 0) is 11.3 Å². The Balaban J connectivity index is 2.07. The molecule has 0 spiro atoms. The summed E-state index contributed by atoms with van der Waals surface area (Å²) in [6.45, 7) is 3.92. The SMILES string of the molecule is CCNC(=NCc1cc2c(cc1OC(F)F)OCO2)NCC(CCN(C)C)OCC. The third-order valence-electron chi connectivity index (χ3n) is 4.32. The van der Waals surface area contributed by atoms with Crippen LogP contribution in [0.4, 0.5) is 8.78 Å². The molecule has 30 heavy (non-hydrogen) atoms. The summed E-state index contributed by atoms with van der Waals surface area (Å²) in [5.74, 6) is 1.45. The van der Waals surface area contributed by atoms with Crippen molar-refractivity contribution < 1.29 is 27.7 Å². The van der Waals surface area contributed by atoms with Crippen molar-refractivity contribution in [2.45, 2.75) is 39.5 Å². The van der Waals surface area contributed by atoms with E-state index in [0.717, 1.165) is 13.0 Å². The van der Waals surface area contributed by atoms with E-state index in [0.29, 0.717) is 42.7 Å². The van der Waals surface area contributed by atoms with Crippen molar-refractivity contribution in [3.05, 3.63) is 17.7 Å². The summed E-state index contributed by atoms with van der Waals surface area (Å²) in [4.78, 5) is 6.62. The van der Waals surface area contributed by atoms with E-state index in [4.69, 9.17) is 14.2 Å². The Kier molecular flexibility index (Phi) is 9.88. The number of ether oxygens (including phenoxy) is 4. The highest BCUT2D eigenvalue weighted by Gasteiger charge is 2.20. The molecule has 0 saturated carbocycles. The largest absolute Gasteiger partial charge is 0.454 e. The third-order valence-corrected chi connectivity index (χ3v) is 4.32. The molecule has 0 bridgehead atoms. The zero-order valence-corrected chi connectivity index (χ0v) is 18.0. The van der Waals surface area contributed by atoms with E-state index in [-0.39, 0.29) is 25.2 Å². The Morgan fingerprint density at radius 1 is 1.20 bits per heavy atom. The number of hydrogen-bond donors (Lipinski definition) is 2. The maximum atomic E-state index is 12.8. The molecule has 1 aliphatic heterocycles. The molecule has 1 aliphatic rings. The summed E-state index contributed by atoms with van der Waals surface area (Å²) in [6.07, 6.45) is 0.909. The Bertz CT molecular complexity index is 689. The smallest absolute Gasteiger partial charge is 0.387 e. The van der Waals surface area contributed by atoms with Crippen molar-refractivity contribution in [3.63, 3.8) is 0 Å². The molecule has 10 heteroatoms.